The lowest BCUT2D eigenvalue weighted by molar-refractivity contribution is -0.143. The topological polar surface area (TPSA) is 55.8 Å². The molecule has 0 saturated carbocycles. The van der Waals surface area contributed by atoms with Crippen LogP contribution in [0.3, 0.4) is 0 Å². The van der Waals surface area contributed by atoms with Gasteiger partial charge in [-0.05, 0) is 60.1 Å². The SMILES string of the molecule is CCOC(=O)CCCc1cccc(I)c1O[C@@H]1C=C[C@H](O)C1. The van der Waals surface area contributed by atoms with Crippen LogP contribution in [-0.4, -0.2) is 29.9 Å². The third-order valence-electron chi connectivity index (χ3n) is 3.47. The fourth-order valence-corrected chi connectivity index (χ4v) is 3.11. The van der Waals surface area contributed by atoms with Crippen molar-refractivity contribution in [3.8, 4) is 5.75 Å². The van der Waals surface area contributed by atoms with E-state index in [9.17, 15) is 9.90 Å². The minimum Gasteiger partial charge on any atom is -0.485 e. The van der Waals surface area contributed by atoms with Crippen molar-refractivity contribution in [2.75, 3.05) is 6.61 Å². The predicted octanol–water partition coefficient (Wildman–Crippen LogP) is 3.25. The highest BCUT2D eigenvalue weighted by Crippen LogP contribution is 2.30. The van der Waals surface area contributed by atoms with Gasteiger partial charge in [0.05, 0.1) is 16.3 Å². The molecule has 1 aromatic carbocycles. The Morgan fingerprint density at radius 2 is 2.23 bits per heavy atom. The van der Waals surface area contributed by atoms with Gasteiger partial charge in [-0.15, -0.1) is 0 Å². The number of hydrogen-bond donors (Lipinski definition) is 1. The summed E-state index contributed by atoms with van der Waals surface area (Å²) in [5.41, 5.74) is 1.09. The van der Waals surface area contributed by atoms with Gasteiger partial charge >= 0.3 is 5.97 Å². The summed E-state index contributed by atoms with van der Waals surface area (Å²) in [5, 5.41) is 9.55. The lowest BCUT2D eigenvalue weighted by Gasteiger charge is -2.17. The Morgan fingerprint density at radius 3 is 2.91 bits per heavy atom. The summed E-state index contributed by atoms with van der Waals surface area (Å²) in [6.45, 7) is 2.24. The average Bonchev–Trinajstić information content (AvgIpc) is 2.88. The van der Waals surface area contributed by atoms with Crippen molar-refractivity contribution in [1.82, 2.24) is 0 Å². The van der Waals surface area contributed by atoms with Crippen LogP contribution in [0.15, 0.2) is 30.4 Å². The maximum absolute atomic E-state index is 11.4. The van der Waals surface area contributed by atoms with Crippen molar-refractivity contribution in [2.45, 2.75) is 44.8 Å². The minimum absolute atomic E-state index is 0.0882. The first kappa shape index (κ1) is 17.3. The van der Waals surface area contributed by atoms with Crippen molar-refractivity contribution < 1.29 is 19.4 Å². The van der Waals surface area contributed by atoms with Crippen molar-refractivity contribution in [3.63, 3.8) is 0 Å². The van der Waals surface area contributed by atoms with Gasteiger partial charge in [-0.3, -0.25) is 4.79 Å². The molecule has 0 spiro atoms. The molecule has 120 valence electrons. The zero-order valence-corrected chi connectivity index (χ0v) is 14.8. The number of aryl methyl sites for hydroxylation is 1. The predicted molar refractivity (Wildman–Crippen MR) is 92.9 cm³/mol. The van der Waals surface area contributed by atoms with Crippen molar-refractivity contribution >= 4 is 28.6 Å². The highest BCUT2D eigenvalue weighted by molar-refractivity contribution is 14.1. The molecule has 4 nitrogen and oxygen atoms in total. The first-order chi connectivity index (χ1) is 10.6. The average molecular weight is 416 g/mol. The normalized spacial score (nSPS) is 20.1. The summed E-state index contributed by atoms with van der Waals surface area (Å²) >= 11 is 2.25. The van der Waals surface area contributed by atoms with Crippen molar-refractivity contribution in [1.29, 1.82) is 0 Å². The molecular weight excluding hydrogens is 395 g/mol. The highest BCUT2D eigenvalue weighted by atomic mass is 127. The van der Waals surface area contributed by atoms with E-state index in [1.807, 2.05) is 31.2 Å². The van der Waals surface area contributed by atoms with Crippen molar-refractivity contribution in [3.05, 3.63) is 39.5 Å². The Hall–Kier alpha value is -1.08. The van der Waals surface area contributed by atoms with Gasteiger partial charge in [0.1, 0.15) is 11.9 Å². The number of esters is 1. The molecule has 0 radical (unpaired) electrons. The van der Waals surface area contributed by atoms with E-state index >= 15 is 0 Å². The van der Waals surface area contributed by atoms with Gasteiger partial charge in [-0.25, -0.2) is 0 Å². The highest BCUT2D eigenvalue weighted by Gasteiger charge is 2.20. The number of aliphatic hydroxyl groups excluding tert-OH is 1. The van der Waals surface area contributed by atoms with Gasteiger partial charge < -0.3 is 14.6 Å². The van der Waals surface area contributed by atoms with Crippen LogP contribution in [0.5, 0.6) is 5.75 Å². The first-order valence-electron chi connectivity index (χ1n) is 7.56. The van der Waals surface area contributed by atoms with E-state index in [2.05, 4.69) is 22.6 Å². The molecule has 0 bridgehead atoms. The smallest absolute Gasteiger partial charge is 0.305 e. The van der Waals surface area contributed by atoms with E-state index in [0.29, 0.717) is 19.4 Å². The number of carbonyl (C=O) groups is 1. The molecule has 2 atom stereocenters. The molecule has 0 aliphatic heterocycles. The molecule has 1 aliphatic rings. The van der Waals surface area contributed by atoms with Crippen molar-refractivity contribution in [2.24, 2.45) is 0 Å². The summed E-state index contributed by atoms with van der Waals surface area (Å²) in [6.07, 6.45) is 5.67. The molecule has 0 saturated heterocycles. The van der Waals surface area contributed by atoms with Crippen LogP contribution in [0.1, 0.15) is 31.7 Å². The molecular formula is C17H21IO4. The fourth-order valence-electron chi connectivity index (χ4n) is 2.42. The zero-order valence-electron chi connectivity index (χ0n) is 12.6. The Kier molecular flexibility index (Phi) is 6.70. The second-order valence-electron chi connectivity index (χ2n) is 5.23. The van der Waals surface area contributed by atoms with Crippen LogP contribution in [0.25, 0.3) is 0 Å². The lowest BCUT2D eigenvalue weighted by atomic mass is 10.1. The number of aliphatic hydroxyl groups is 1. The number of rotatable bonds is 7. The Labute approximate surface area is 144 Å². The standard InChI is InChI=1S/C17H21IO4/c1-2-21-16(20)8-4-6-12-5-3-7-15(18)17(12)22-14-10-9-13(19)11-14/h3,5,7,9-10,13-14,19H,2,4,6,8,11H2,1H3/t13-,14+/m0/s1. The Bertz CT molecular complexity index is 541. The molecule has 0 unspecified atom stereocenters. The third kappa shape index (κ3) is 4.98. The van der Waals surface area contributed by atoms with Gasteiger partial charge in [0, 0.05) is 12.8 Å². The molecule has 2 rings (SSSR count). The number of halogens is 1. The molecule has 1 aliphatic carbocycles. The number of benzene rings is 1. The molecule has 0 amide bonds. The van der Waals surface area contributed by atoms with E-state index in [1.54, 1.807) is 6.08 Å². The number of ether oxygens (including phenoxy) is 2. The van der Waals surface area contributed by atoms with E-state index in [-0.39, 0.29) is 12.1 Å². The minimum atomic E-state index is -0.418. The molecule has 5 heteroatoms. The molecule has 1 N–H and O–H groups in total. The molecule has 0 fully saturated rings. The number of hydrogen-bond acceptors (Lipinski definition) is 4. The van der Waals surface area contributed by atoms with E-state index in [0.717, 1.165) is 27.7 Å². The van der Waals surface area contributed by atoms with Crippen LogP contribution in [0.4, 0.5) is 0 Å². The van der Waals surface area contributed by atoms with Gasteiger partial charge in [-0.2, -0.15) is 0 Å². The first-order valence-corrected chi connectivity index (χ1v) is 8.64. The summed E-state index contributed by atoms with van der Waals surface area (Å²) in [7, 11) is 0. The maximum atomic E-state index is 11.4. The van der Waals surface area contributed by atoms with Crippen LogP contribution in [-0.2, 0) is 16.0 Å². The third-order valence-corrected chi connectivity index (χ3v) is 4.32. The molecule has 0 aromatic heterocycles. The van der Waals surface area contributed by atoms with Gasteiger partial charge in [0.2, 0.25) is 0 Å². The summed E-state index contributed by atoms with van der Waals surface area (Å²) in [5.74, 6) is 0.702. The molecule has 22 heavy (non-hydrogen) atoms. The van der Waals surface area contributed by atoms with Crippen LogP contribution < -0.4 is 4.74 Å². The van der Waals surface area contributed by atoms with E-state index in [1.165, 1.54) is 0 Å². The molecule has 0 heterocycles. The van der Waals surface area contributed by atoms with Crippen LogP contribution in [0, 0.1) is 3.57 Å². The Morgan fingerprint density at radius 1 is 1.41 bits per heavy atom. The molecule has 1 aromatic rings. The van der Waals surface area contributed by atoms with Gasteiger partial charge in [0.25, 0.3) is 0 Å². The summed E-state index contributed by atoms with van der Waals surface area (Å²) in [4.78, 5) is 11.4. The second-order valence-corrected chi connectivity index (χ2v) is 6.39. The van der Waals surface area contributed by atoms with Crippen LogP contribution in [0.2, 0.25) is 0 Å². The number of carbonyl (C=O) groups excluding carboxylic acids is 1. The second kappa shape index (κ2) is 8.53. The fraction of sp³-hybridized carbons (Fsp3) is 0.471. The largest absolute Gasteiger partial charge is 0.485 e. The maximum Gasteiger partial charge on any atom is 0.305 e. The van der Waals surface area contributed by atoms with E-state index in [4.69, 9.17) is 9.47 Å². The summed E-state index contributed by atoms with van der Waals surface area (Å²) in [6, 6.07) is 6.02. The van der Waals surface area contributed by atoms with Crippen LogP contribution >= 0.6 is 22.6 Å². The van der Waals surface area contributed by atoms with Gasteiger partial charge in [-0.1, -0.05) is 18.2 Å². The Balaban J connectivity index is 1.97. The zero-order chi connectivity index (χ0) is 15.9. The lowest BCUT2D eigenvalue weighted by Crippen LogP contribution is -2.16. The summed E-state index contributed by atoms with van der Waals surface area (Å²) < 4.78 is 12.0. The van der Waals surface area contributed by atoms with Gasteiger partial charge in [0.15, 0.2) is 0 Å². The van der Waals surface area contributed by atoms with E-state index < -0.39 is 6.10 Å². The monoisotopic (exact) mass is 416 g/mol. The quantitative estimate of drug-likeness (QED) is 0.421. The number of para-hydroxylation sites is 1.